The van der Waals surface area contributed by atoms with Crippen molar-refractivity contribution in [2.45, 2.75) is 25.1 Å². The van der Waals surface area contributed by atoms with Crippen LogP contribution in [0.25, 0.3) is 0 Å². The van der Waals surface area contributed by atoms with E-state index < -0.39 is 5.97 Å². The lowest BCUT2D eigenvalue weighted by Gasteiger charge is -2.37. The number of hydrogen-bond donors (Lipinski definition) is 2. The summed E-state index contributed by atoms with van der Waals surface area (Å²) >= 11 is 1.86. The highest BCUT2D eigenvalue weighted by atomic mass is 32.2. The summed E-state index contributed by atoms with van der Waals surface area (Å²) in [5.74, 6) is -0.159. The molecule has 2 amide bonds. The number of rotatable bonds is 2. The van der Waals surface area contributed by atoms with Crippen LogP contribution in [0.5, 0.6) is 0 Å². The van der Waals surface area contributed by atoms with E-state index in [1.165, 1.54) is 12.3 Å². The molecule has 0 bridgehead atoms. The number of carbonyl (C=O) groups is 2. The standard InChI is InChI=1S/C13H17N3O3S/c1-8-9(2)20-6-5-16(8)13(19)15-10-3-4-11(12(17)18)14-7-10/h3-4,7-9H,5-6H2,1-2H3,(H,15,19)(H,17,18). The lowest BCUT2D eigenvalue weighted by atomic mass is 10.2. The van der Waals surface area contributed by atoms with Gasteiger partial charge in [0.05, 0.1) is 11.9 Å². The van der Waals surface area contributed by atoms with Gasteiger partial charge >= 0.3 is 12.0 Å². The number of aromatic carboxylic acids is 1. The normalized spacial score (nSPS) is 22.4. The molecule has 2 atom stereocenters. The van der Waals surface area contributed by atoms with E-state index in [1.54, 1.807) is 11.0 Å². The summed E-state index contributed by atoms with van der Waals surface area (Å²) in [6, 6.07) is 2.91. The molecule has 1 aliphatic heterocycles. The number of pyridine rings is 1. The van der Waals surface area contributed by atoms with E-state index in [0.29, 0.717) is 17.5 Å². The topological polar surface area (TPSA) is 82.5 Å². The highest BCUT2D eigenvalue weighted by Crippen LogP contribution is 2.24. The number of aromatic nitrogens is 1. The zero-order valence-electron chi connectivity index (χ0n) is 11.4. The third-order valence-electron chi connectivity index (χ3n) is 3.38. The fourth-order valence-electron chi connectivity index (χ4n) is 2.01. The van der Waals surface area contributed by atoms with Gasteiger partial charge in [-0.1, -0.05) is 6.92 Å². The summed E-state index contributed by atoms with van der Waals surface area (Å²) < 4.78 is 0. The van der Waals surface area contributed by atoms with Crippen molar-refractivity contribution in [3.63, 3.8) is 0 Å². The Kier molecular flexibility index (Phi) is 4.49. The van der Waals surface area contributed by atoms with Gasteiger partial charge in [0.1, 0.15) is 5.69 Å². The van der Waals surface area contributed by atoms with Crippen LogP contribution in [0, 0.1) is 0 Å². The number of carbonyl (C=O) groups excluding carboxylic acids is 1. The SMILES string of the molecule is CC1SCCN(C(=O)Nc2ccc(C(=O)O)nc2)C1C. The Morgan fingerprint density at radius 3 is 2.80 bits per heavy atom. The number of urea groups is 1. The van der Waals surface area contributed by atoms with E-state index in [4.69, 9.17) is 5.11 Å². The molecule has 2 N–H and O–H groups in total. The van der Waals surface area contributed by atoms with Gasteiger partial charge in [0.15, 0.2) is 0 Å². The molecule has 20 heavy (non-hydrogen) atoms. The molecule has 1 aliphatic rings. The van der Waals surface area contributed by atoms with Gasteiger partial charge < -0.3 is 15.3 Å². The fraction of sp³-hybridized carbons (Fsp3) is 0.462. The van der Waals surface area contributed by atoms with Crippen molar-refractivity contribution >= 4 is 29.4 Å². The Balaban J connectivity index is 2.02. The maximum absolute atomic E-state index is 12.2. The van der Waals surface area contributed by atoms with Crippen molar-refractivity contribution in [1.82, 2.24) is 9.88 Å². The molecule has 0 spiro atoms. The second kappa shape index (κ2) is 6.13. The van der Waals surface area contributed by atoms with E-state index in [2.05, 4.69) is 17.2 Å². The van der Waals surface area contributed by atoms with Crippen molar-refractivity contribution < 1.29 is 14.7 Å². The number of amides is 2. The Morgan fingerprint density at radius 1 is 1.45 bits per heavy atom. The fourth-order valence-corrected chi connectivity index (χ4v) is 3.11. The number of carboxylic acid groups (broad SMARTS) is 1. The van der Waals surface area contributed by atoms with Crippen LogP contribution < -0.4 is 5.32 Å². The maximum atomic E-state index is 12.2. The Labute approximate surface area is 121 Å². The molecule has 7 heteroatoms. The van der Waals surface area contributed by atoms with Crippen LogP contribution in [0.2, 0.25) is 0 Å². The van der Waals surface area contributed by atoms with Crippen LogP contribution in [0.3, 0.4) is 0 Å². The van der Waals surface area contributed by atoms with Crippen molar-refractivity contribution in [1.29, 1.82) is 0 Å². The summed E-state index contributed by atoms with van der Waals surface area (Å²) in [5, 5.41) is 11.9. The van der Waals surface area contributed by atoms with Crippen LogP contribution in [-0.4, -0.2) is 50.6 Å². The lowest BCUT2D eigenvalue weighted by Crippen LogP contribution is -2.49. The zero-order valence-corrected chi connectivity index (χ0v) is 12.2. The average molecular weight is 295 g/mol. The summed E-state index contributed by atoms with van der Waals surface area (Å²) in [6.07, 6.45) is 1.36. The molecule has 1 aromatic heterocycles. The van der Waals surface area contributed by atoms with E-state index in [-0.39, 0.29) is 17.8 Å². The first-order valence-corrected chi connectivity index (χ1v) is 7.42. The molecule has 0 aromatic carbocycles. The largest absolute Gasteiger partial charge is 0.477 e. The Bertz CT molecular complexity index is 506. The highest BCUT2D eigenvalue weighted by molar-refractivity contribution is 8.00. The molecule has 1 aromatic rings. The van der Waals surface area contributed by atoms with Crippen LogP contribution in [0.15, 0.2) is 18.3 Å². The zero-order chi connectivity index (χ0) is 14.7. The third-order valence-corrected chi connectivity index (χ3v) is 4.72. The smallest absolute Gasteiger partial charge is 0.354 e. The lowest BCUT2D eigenvalue weighted by molar-refractivity contribution is 0.0690. The van der Waals surface area contributed by atoms with Gasteiger partial charge in [0.25, 0.3) is 0 Å². The van der Waals surface area contributed by atoms with Gasteiger partial charge in [0.2, 0.25) is 0 Å². The molecule has 2 heterocycles. The van der Waals surface area contributed by atoms with Crippen LogP contribution in [0.1, 0.15) is 24.3 Å². The maximum Gasteiger partial charge on any atom is 0.354 e. The average Bonchev–Trinajstić information content (AvgIpc) is 2.42. The molecule has 1 saturated heterocycles. The summed E-state index contributed by atoms with van der Waals surface area (Å²) in [5.41, 5.74) is 0.456. The van der Waals surface area contributed by atoms with Crippen molar-refractivity contribution in [3.05, 3.63) is 24.0 Å². The molecule has 2 unspecified atom stereocenters. The van der Waals surface area contributed by atoms with Gasteiger partial charge in [-0.2, -0.15) is 11.8 Å². The van der Waals surface area contributed by atoms with Crippen LogP contribution in [-0.2, 0) is 0 Å². The molecule has 0 radical (unpaired) electrons. The second-order valence-corrected chi connectivity index (χ2v) is 6.16. The highest BCUT2D eigenvalue weighted by Gasteiger charge is 2.28. The first-order valence-electron chi connectivity index (χ1n) is 6.37. The van der Waals surface area contributed by atoms with Crippen molar-refractivity contribution in [2.75, 3.05) is 17.6 Å². The van der Waals surface area contributed by atoms with E-state index >= 15 is 0 Å². The van der Waals surface area contributed by atoms with E-state index in [0.717, 1.165) is 5.75 Å². The molecular formula is C13H17N3O3S. The molecule has 0 aliphatic carbocycles. The minimum absolute atomic E-state index is 0.0423. The quantitative estimate of drug-likeness (QED) is 0.873. The van der Waals surface area contributed by atoms with Gasteiger partial charge in [0, 0.05) is 23.6 Å². The number of nitrogens with one attached hydrogen (secondary N) is 1. The van der Waals surface area contributed by atoms with Crippen molar-refractivity contribution in [3.8, 4) is 0 Å². The second-order valence-electron chi connectivity index (χ2n) is 4.68. The predicted octanol–water partition coefficient (Wildman–Crippen LogP) is 2.14. The minimum Gasteiger partial charge on any atom is -0.477 e. The number of anilines is 1. The Hall–Kier alpha value is -1.76. The number of nitrogens with zero attached hydrogens (tertiary/aromatic N) is 2. The first kappa shape index (κ1) is 14.6. The van der Waals surface area contributed by atoms with Gasteiger partial charge in [-0.05, 0) is 19.1 Å². The van der Waals surface area contributed by atoms with Gasteiger partial charge in [-0.3, -0.25) is 0 Å². The van der Waals surface area contributed by atoms with Crippen LogP contribution in [0.4, 0.5) is 10.5 Å². The summed E-state index contributed by atoms with van der Waals surface area (Å²) in [7, 11) is 0. The third kappa shape index (κ3) is 3.22. The van der Waals surface area contributed by atoms with Gasteiger partial charge in [-0.25, -0.2) is 14.6 Å². The predicted molar refractivity (Wildman–Crippen MR) is 78.3 cm³/mol. The number of thioether (sulfide) groups is 1. The van der Waals surface area contributed by atoms with Crippen molar-refractivity contribution in [2.24, 2.45) is 0 Å². The Morgan fingerprint density at radius 2 is 2.20 bits per heavy atom. The van der Waals surface area contributed by atoms with E-state index in [1.807, 2.05) is 18.7 Å². The molecule has 2 rings (SSSR count). The van der Waals surface area contributed by atoms with Crippen LogP contribution >= 0.6 is 11.8 Å². The number of carboxylic acids is 1. The minimum atomic E-state index is -1.08. The summed E-state index contributed by atoms with van der Waals surface area (Å²) in [6.45, 7) is 4.85. The molecule has 0 saturated carbocycles. The molecule has 108 valence electrons. The molecule has 1 fully saturated rings. The molecule has 6 nitrogen and oxygen atoms in total. The van der Waals surface area contributed by atoms with Gasteiger partial charge in [-0.15, -0.1) is 0 Å². The number of hydrogen-bond acceptors (Lipinski definition) is 4. The van der Waals surface area contributed by atoms with E-state index in [9.17, 15) is 9.59 Å². The summed E-state index contributed by atoms with van der Waals surface area (Å²) in [4.78, 5) is 28.5. The molecular weight excluding hydrogens is 278 g/mol. The first-order chi connectivity index (χ1) is 9.49. The monoisotopic (exact) mass is 295 g/mol.